The van der Waals surface area contributed by atoms with Crippen LogP contribution in [0.25, 0.3) is 0 Å². The third-order valence-electron chi connectivity index (χ3n) is 4.14. The Morgan fingerprint density at radius 1 is 1.07 bits per heavy atom. The molecule has 0 bridgehead atoms. The van der Waals surface area contributed by atoms with Crippen molar-refractivity contribution in [2.24, 2.45) is 0 Å². The van der Waals surface area contributed by atoms with E-state index in [1.165, 1.54) is 4.90 Å². The Kier molecular flexibility index (Phi) is 5.81. The fourth-order valence-corrected chi connectivity index (χ4v) is 3.59. The van der Waals surface area contributed by atoms with E-state index in [0.717, 1.165) is 23.7 Å². The van der Waals surface area contributed by atoms with Crippen LogP contribution >= 0.6 is 11.8 Å². The fraction of sp³-hybridized carbons (Fsp3) is 0.250. The van der Waals surface area contributed by atoms with Gasteiger partial charge in [-0.2, -0.15) is 0 Å². The number of thioether (sulfide) groups is 1. The second-order valence-corrected chi connectivity index (χ2v) is 6.96. The van der Waals surface area contributed by atoms with Gasteiger partial charge in [-0.1, -0.05) is 19.1 Å². The number of esters is 1. The first kappa shape index (κ1) is 19.0. The molecule has 2 amide bonds. The van der Waals surface area contributed by atoms with Crippen LogP contribution in [0.3, 0.4) is 0 Å². The summed E-state index contributed by atoms with van der Waals surface area (Å²) in [6.07, 6.45) is 0.892. The molecule has 1 fully saturated rings. The van der Waals surface area contributed by atoms with Gasteiger partial charge >= 0.3 is 5.97 Å². The van der Waals surface area contributed by atoms with Crippen molar-refractivity contribution in [3.8, 4) is 0 Å². The topological polar surface area (TPSA) is 75.7 Å². The number of ether oxygens (including phenoxy) is 1. The number of aryl methyl sites for hydroxylation is 1. The highest BCUT2D eigenvalue weighted by Gasteiger charge is 2.40. The number of imide groups is 1. The second-order valence-electron chi connectivity index (χ2n) is 5.90. The van der Waals surface area contributed by atoms with E-state index in [9.17, 15) is 14.4 Å². The van der Waals surface area contributed by atoms with Crippen LogP contribution in [-0.2, 0) is 16.0 Å². The molecule has 1 heterocycles. The predicted octanol–water partition coefficient (Wildman–Crippen LogP) is 4.06. The summed E-state index contributed by atoms with van der Waals surface area (Å²) in [6.45, 7) is 4.10. The lowest BCUT2D eigenvalue weighted by Gasteiger charge is -2.15. The Balaban J connectivity index is 1.70. The van der Waals surface area contributed by atoms with Crippen molar-refractivity contribution in [1.29, 1.82) is 0 Å². The normalized spacial score (nSPS) is 16.5. The van der Waals surface area contributed by atoms with Crippen molar-refractivity contribution in [2.45, 2.75) is 25.6 Å². The van der Waals surface area contributed by atoms with Crippen LogP contribution in [0.2, 0.25) is 0 Å². The number of amides is 2. The summed E-state index contributed by atoms with van der Waals surface area (Å²) < 4.78 is 4.94. The smallest absolute Gasteiger partial charge is 0.338 e. The van der Waals surface area contributed by atoms with E-state index in [0.29, 0.717) is 23.5 Å². The van der Waals surface area contributed by atoms with Crippen LogP contribution in [-0.4, -0.2) is 29.1 Å². The first-order valence-electron chi connectivity index (χ1n) is 8.70. The van der Waals surface area contributed by atoms with Crippen molar-refractivity contribution in [3.63, 3.8) is 0 Å². The molecule has 27 heavy (non-hydrogen) atoms. The van der Waals surface area contributed by atoms with Gasteiger partial charge in [0.25, 0.3) is 11.1 Å². The minimum absolute atomic E-state index is 0.309. The highest BCUT2D eigenvalue weighted by Crippen LogP contribution is 2.32. The molecule has 2 aromatic rings. The quantitative estimate of drug-likeness (QED) is 0.757. The first-order chi connectivity index (χ1) is 13.0. The van der Waals surface area contributed by atoms with Gasteiger partial charge < -0.3 is 10.1 Å². The molecular weight excluding hydrogens is 364 g/mol. The summed E-state index contributed by atoms with van der Waals surface area (Å²) >= 11 is 0.935. The van der Waals surface area contributed by atoms with Crippen molar-refractivity contribution in [1.82, 2.24) is 0 Å². The molecule has 1 unspecified atom stereocenters. The summed E-state index contributed by atoms with van der Waals surface area (Å²) in [6, 6.07) is 14.0. The summed E-state index contributed by atoms with van der Waals surface area (Å²) in [7, 11) is 0. The van der Waals surface area contributed by atoms with Gasteiger partial charge in [0.1, 0.15) is 0 Å². The van der Waals surface area contributed by atoms with E-state index in [1.807, 2.05) is 19.1 Å². The average Bonchev–Trinajstić information content (AvgIpc) is 2.96. The van der Waals surface area contributed by atoms with Gasteiger partial charge in [0.05, 0.1) is 17.9 Å². The van der Waals surface area contributed by atoms with E-state index in [1.54, 1.807) is 43.3 Å². The summed E-state index contributed by atoms with van der Waals surface area (Å²) in [4.78, 5) is 37.9. The van der Waals surface area contributed by atoms with Crippen LogP contribution < -0.4 is 10.2 Å². The summed E-state index contributed by atoms with van der Waals surface area (Å²) in [5.41, 5.74) is 2.78. The van der Waals surface area contributed by atoms with Crippen LogP contribution in [0.1, 0.15) is 29.8 Å². The number of hydrogen-bond acceptors (Lipinski definition) is 6. The molecule has 6 nitrogen and oxygen atoms in total. The van der Waals surface area contributed by atoms with Crippen LogP contribution in [0.5, 0.6) is 0 Å². The molecule has 1 N–H and O–H groups in total. The zero-order valence-electron chi connectivity index (χ0n) is 15.1. The number of benzene rings is 2. The molecule has 140 valence electrons. The summed E-state index contributed by atoms with van der Waals surface area (Å²) in [5, 5.41) is 2.01. The molecule has 1 aliphatic rings. The third-order valence-corrected chi connectivity index (χ3v) is 5.08. The van der Waals surface area contributed by atoms with Gasteiger partial charge in [0, 0.05) is 5.69 Å². The largest absolute Gasteiger partial charge is 0.462 e. The van der Waals surface area contributed by atoms with Crippen LogP contribution in [0.4, 0.5) is 16.2 Å². The lowest BCUT2D eigenvalue weighted by molar-refractivity contribution is -0.116. The zero-order valence-corrected chi connectivity index (χ0v) is 15.9. The van der Waals surface area contributed by atoms with E-state index >= 15 is 0 Å². The van der Waals surface area contributed by atoms with Gasteiger partial charge in [0.2, 0.25) is 0 Å². The zero-order chi connectivity index (χ0) is 19.4. The summed E-state index contributed by atoms with van der Waals surface area (Å²) in [5.74, 6) is -0.712. The molecule has 1 aliphatic heterocycles. The molecular formula is C20H20N2O4S. The highest BCUT2D eigenvalue weighted by atomic mass is 32.2. The Bertz CT molecular complexity index is 849. The first-order valence-corrected chi connectivity index (χ1v) is 9.58. The van der Waals surface area contributed by atoms with Crippen molar-refractivity contribution >= 4 is 40.3 Å². The van der Waals surface area contributed by atoms with Gasteiger partial charge in [-0.05, 0) is 67.1 Å². The molecule has 0 radical (unpaired) electrons. The molecule has 0 saturated carbocycles. The maximum atomic E-state index is 12.7. The lowest BCUT2D eigenvalue weighted by Crippen LogP contribution is -2.34. The van der Waals surface area contributed by atoms with Gasteiger partial charge in [0.15, 0.2) is 5.37 Å². The molecule has 0 aliphatic carbocycles. The SMILES string of the molecule is CCOC(=O)c1ccc(NC2SC(=O)N(c3ccc(CC)cc3)C2=O)cc1. The standard InChI is InChI=1S/C20H20N2O4S/c1-3-13-5-11-16(12-6-13)22-18(23)17(27-20(22)25)21-15-9-7-14(8-10-15)19(24)26-4-2/h5-12,17,21H,3-4H2,1-2H3. The number of hydrogen-bond donors (Lipinski definition) is 1. The molecule has 3 rings (SSSR count). The predicted molar refractivity (Wildman–Crippen MR) is 106 cm³/mol. The maximum Gasteiger partial charge on any atom is 0.338 e. The number of nitrogens with one attached hydrogen (secondary N) is 1. The number of anilines is 2. The molecule has 2 aromatic carbocycles. The van der Waals surface area contributed by atoms with E-state index in [2.05, 4.69) is 5.32 Å². The van der Waals surface area contributed by atoms with E-state index in [4.69, 9.17) is 4.74 Å². The van der Waals surface area contributed by atoms with Gasteiger partial charge in [-0.3, -0.25) is 9.59 Å². The Morgan fingerprint density at radius 2 is 1.74 bits per heavy atom. The van der Waals surface area contributed by atoms with Crippen LogP contribution in [0, 0.1) is 0 Å². The van der Waals surface area contributed by atoms with Gasteiger partial charge in [-0.25, -0.2) is 9.69 Å². The number of nitrogens with zero attached hydrogens (tertiary/aromatic N) is 1. The third kappa shape index (κ3) is 4.14. The number of rotatable bonds is 6. The molecule has 1 atom stereocenters. The van der Waals surface area contributed by atoms with Crippen molar-refractivity contribution in [3.05, 3.63) is 59.7 Å². The monoisotopic (exact) mass is 384 g/mol. The van der Waals surface area contributed by atoms with Crippen LogP contribution in [0.15, 0.2) is 48.5 Å². The maximum absolute atomic E-state index is 12.7. The molecule has 0 spiro atoms. The number of carbonyl (C=O) groups is 3. The Labute approximate surface area is 161 Å². The Morgan fingerprint density at radius 3 is 2.33 bits per heavy atom. The Hall–Kier alpha value is -2.80. The van der Waals surface area contributed by atoms with Crippen molar-refractivity contribution in [2.75, 3.05) is 16.8 Å². The fourth-order valence-electron chi connectivity index (χ4n) is 2.68. The highest BCUT2D eigenvalue weighted by molar-refractivity contribution is 8.16. The molecule has 7 heteroatoms. The van der Waals surface area contributed by atoms with E-state index in [-0.39, 0.29) is 11.1 Å². The lowest BCUT2D eigenvalue weighted by atomic mass is 10.1. The molecule has 0 aromatic heterocycles. The molecule has 1 saturated heterocycles. The second kappa shape index (κ2) is 8.26. The minimum Gasteiger partial charge on any atom is -0.462 e. The average molecular weight is 384 g/mol. The van der Waals surface area contributed by atoms with Crippen molar-refractivity contribution < 1.29 is 19.1 Å². The minimum atomic E-state index is -0.711. The van der Waals surface area contributed by atoms with Gasteiger partial charge in [-0.15, -0.1) is 0 Å². The van der Waals surface area contributed by atoms with E-state index < -0.39 is 11.3 Å². The number of carbonyl (C=O) groups excluding carboxylic acids is 3.